The molecule has 3 aliphatic heterocycles. The molecule has 2 aromatic carbocycles. The Morgan fingerprint density at radius 3 is 2.52 bits per heavy atom. The number of urea groups is 1. The smallest absolute Gasteiger partial charge is 0.329 e. The Balaban J connectivity index is 0.848. The number of hydrogen-bond donors (Lipinski definition) is 2. The van der Waals surface area contributed by atoms with Gasteiger partial charge in [0.25, 0.3) is 0 Å². The molecule has 14 nitrogen and oxygen atoms in total. The molecule has 3 fully saturated rings. The average Bonchev–Trinajstić information content (AvgIpc) is 3.77. The van der Waals surface area contributed by atoms with E-state index in [9.17, 15) is 13.8 Å². The lowest BCUT2D eigenvalue weighted by molar-refractivity contribution is -0.120. The highest BCUT2D eigenvalue weighted by molar-refractivity contribution is 7.82. The van der Waals surface area contributed by atoms with Crippen LogP contribution in [0.4, 0.5) is 16.6 Å². The summed E-state index contributed by atoms with van der Waals surface area (Å²) < 4.78 is 19.3. The van der Waals surface area contributed by atoms with Gasteiger partial charge in [0.2, 0.25) is 11.9 Å². The molecule has 0 spiro atoms. The van der Waals surface area contributed by atoms with Crippen LogP contribution in [-0.4, -0.2) is 93.6 Å². The Morgan fingerprint density at radius 1 is 0.962 bits per heavy atom. The lowest BCUT2D eigenvalue weighted by atomic mass is 9.89. The summed E-state index contributed by atoms with van der Waals surface area (Å²) in [5, 5.41) is 16.4. The van der Waals surface area contributed by atoms with Crippen LogP contribution in [0.3, 0.4) is 0 Å². The minimum absolute atomic E-state index is 0.214. The Morgan fingerprint density at radius 2 is 1.75 bits per heavy atom. The number of carbonyl (C=O) groups is 2. The molecule has 3 amide bonds. The maximum absolute atomic E-state index is 13.6. The molecule has 0 bridgehead atoms. The first-order valence-electron chi connectivity index (χ1n) is 17.6. The van der Waals surface area contributed by atoms with E-state index < -0.39 is 17.0 Å². The fourth-order valence-electron chi connectivity index (χ4n) is 7.36. The topological polar surface area (TPSA) is 146 Å². The number of fused-ring (bicyclic) bond motifs is 1. The maximum atomic E-state index is 13.6. The third kappa shape index (κ3) is 7.31. The standard InChI is InChI=1S/C36H40ClN11O3S/c1-44-32-17-26(5-6-31(32)34(43-44)47-16-11-33(49)42-36(47)50)25-7-12-45(13-8-25)22-24-19-40-48(23-24)29-3-2-4-30(18-29)52(51)46-14-9-28(10-15-46)41-35-38-20-27(37)21-39-35/h2-6,17-21,23,25,28H,7-16,22H2,1H3,(H,38,39,41)(H,42,49,50). The molecule has 0 radical (unpaired) electrons. The highest BCUT2D eigenvalue weighted by atomic mass is 35.5. The molecule has 16 heteroatoms. The molecule has 0 saturated carbocycles. The number of anilines is 2. The maximum Gasteiger partial charge on any atom is 0.329 e. The van der Waals surface area contributed by atoms with Crippen LogP contribution in [0.25, 0.3) is 16.6 Å². The first-order valence-corrected chi connectivity index (χ1v) is 19.1. The van der Waals surface area contributed by atoms with Crippen LogP contribution in [0.1, 0.15) is 49.1 Å². The molecule has 5 aromatic rings. The second-order valence-electron chi connectivity index (χ2n) is 13.6. The van der Waals surface area contributed by atoms with Gasteiger partial charge in [0, 0.05) is 62.8 Å². The number of amides is 3. The molecule has 0 aliphatic carbocycles. The van der Waals surface area contributed by atoms with Gasteiger partial charge in [0.1, 0.15) is 11.0 Å². The van der Waals surface area contributed by atoms with Gasteiger partial charge in [0.05, 0.1) is 39.7 Å². The molecule has 270 valence electrons. The molecular formula is C36H40ClN11O3S. The molecule has 2 N–H and O–H groups in total. The van der Waals surface area contributed by atoms with Crippen LogP contribution in [-0.2, 0) is 29.4 Å². The highest BCUT2D eigenvalue weighted by Crippen LogP contribution is 2.34. The lowest BCUT2D eigenvalue weighted by Gasteiger charge is -2.32. The number of nitrogens with one attached hydrogen (secondary N) is 2. The molecule has 52 heavy (non-hydrogen) atoms. The summed E-state index contributed by atoms with van der Waals surface area (Å²) in [6.07, 6.45) is 11.2. The van der Waals surface area contributed by atoms with Crippen molar-refractivity contribution in [3.63, 3.8) is 0 Å². The summed E-state index contributed by atoms with van der Waals surface area (Å²) in [6.45, 7) is 4.48. The van der Waals surface area contributed by atoms with Crippen molar-refractivity contribution in [1.82, 2.24) is 44.1 Å². The van der Waals surface area contributed by atoms with E-state index in [-0.39, 0.29) is 18.4 Å². The zero-order valence-corrected chi connectivity index (χ0v) is 30.4. The zero-order valence-electron chi connectivity index (χ0n) is 28.8. The van der Waals surface area contributed by atoms with Crippen LogP contribution in [0.15, 0.2) is 72.1 Å². The van der Waals surface area contributed by atoms with Crippen molar-refractivity contribution in [2.45, 2.75) is 55.5 Å². The number of hydrogen-bond acceptors (Lipinski definition) is 9. The van der Waals surface area contributed by atoms with E-state index in [1.165, 1.54) is 5.56 Å². The summed E-state index contributed by atoms with van der Waals surface area (Å²) in [5.41, 5.74) is 4.27. The third-order valence-corrected chi connectivity index (χ3v) is 11.9. The number of halogens is 1. The van der Waals surface area contributed by atoms with Gasteiger partial charge in [-0.05, 0) is 80.6 Å². The molecular weight excluding hydrogens is 702 g/mol. The second-order valence-corrected chi connectivity index (χ2v) is 15.6. The largest absolute Gasteiger partial charge is 0.351 e. The van der Waals surface area contributed by atoms with Crippen molar-refractivity contribution in [2.75, 3.05) is 42.9 Å². The van der Waals surface area contributed by atoms with Crippen LogP contribution < -0.4 is 15.5 Å². The van der Waals surface area contributed by atoms with Gasteiger partial charge in [-0.1, -0.05) is 23.7 Å². The van der Waals surface area contributed by atoms with Crippen molar-refractivity contribution < 1.29 is 13.8 Å². The minimum Gasteiger partial charge on any atom is -0.351 e. The highest BCUT2D eigenvalue weighted by Gasteiger charge is 2.29. The summed E-state index contributed by atoms with van der Waals surface area (Å²) in [7, 11) is 0.617. The SMILES string of the molecule is Cn1nc(N2CCC(=O)NC2=O)c2ccc(C3CCN(Cc4cnn(-c5cccc(S(=O)N6CCC(Nc7ncc(Cl)cn7)CC6)c5)c4)CC3)cc21. The summed E-state index contributed by atoms with van der Waals surface area (Å²) >= 11 is 5.90. The van der Waals surface area contributed by atoms with E-state index in [0.717, 1.165) is 72.4 Å². The predicted molar refractivity (Wildman–Crippen MR) is 199 cm³/mol. The molecule has 3 aliphatic rings. The van der Waals surface area contributed by atoms with E-state index in [1.54, 1.807) is 17.3 Å². The fourth-order valence-corrected chi connectivity index (χ4v) is 8.71. The van der Waals surface area contributed by atoms with Crippen molar-refractivity contribution in [2.24, 2.45) is 7.05 Å². The first kappa shape index (κ1) is 34.4. The van der Waals surface area contributed by atoms with Crippen LogP contribution in [0.5, 0.6) is 0 Å². The lowest BCUT2D eigenvalue weighted by Crippen LogP contribution is -2.49. The number of nitrogens with zero attached hydrogens (tertiary/aromatic N) is 9. The number of carbonyl (C=O) groups excluding carboxylic acids is 2. The summed E-state index contributed by atoms with van der Waals surface area (Å²) in [6, 6.07) is 14.0. The number of benzene rings is 2. The van der Waals surface area contributed by atoms with E-state index in [4.69, 9.17) is 11.6 Å². The number of piperidine rings is 2. The zero-order chi connectivity index (χ0) is 35.8. The Kier molecular flexibility index (Phi) is 9.74. The van der Waals surface area contributed by atoms with Crippen LogP contribution in [0, 0.1) is 0 Å². The Labute approximate surface area is 308 Å². The minimum atomic E-state index is -1.28. The fraction of sp³-hybridized carbons (Fsp3) is 0.389. The second kappa shape index (κ2) is 14.7. The van der Waals surface area contributed by atoms with Crippen molar-refractivity contribution >= 4 is 57.2 Å². The van der Waals surface area contributed by atoms with Gasteiger partial charge in [-0.2, -0.15) is 10.2 Å². The van der Waals surface area contributed by atoms with Crippen LogP contribution in [0.2, 0.25) is 5.02 Å². The number of likely N-dealkylation sites (tertiary alicyclic amines) is 1. The van der Waals surface area contributed by atoms with Gasteiger partial charge in [-0.15, -0.1) is 0 Å². The third-order valence-electron chi connectivity index (χ3n) is 10.2. The van der Waals surface area contributed by atoms with Gasteiger partial charge < -0.3 is 5.32 Å². The predicted octanol–water partition coefficient (Wildman–Crippen LogP) is 4.63. The van der Waals surface area contributed by atoms with Gasteiger partial charge in [-0.3, -0.25) is 24.6 Å². The normalized spacial score (nSPS) is 18.9. The van der Waals surface area contributed by atoms with E-state index >= 15 is 0 Å². The van der Waals surface area contributed by atoms with Crippen LogP contribution >= 0.6 is 11.6 Å². The number of imide groups is 1. The molecule has 1 unspecified atom stereocenters. The molecule has 1 atom stereocenters. The van der Waals surface area contributed by atoms with E-state index in [1.807, 2.05) is 51.2 Å². The van der Waals surface area contributed by atoms with Crippen molar-refractivity contribution in [1.29, 1.82) is 0 Å². The molecule has 3 saturated heterocycles. The Hall–Kier alpha value is -4.70. The Bertz CT molecular complexity index is 2120. The van der Waals surface area contributed by atoms with Crippen molar-refractivity contribution in [3.8, 4) is 5.69 Å². The summed E-state index contributed by atoms with van der Waals surface area (Å²) in [4.78, 5) is 37.4. The number of aryl methyl sites for hydroxylation is 1. The first-order chi connectivity index (χ1) is 25.3. The number of rotatable bonds is 9. The van der Waals surface area contributed by atoms with E-state index in [0.29, 0.717) is 42.3 Å². The van der Waals surface area contributed by atoms with Crippen molar-refractivity contribution in [3.05, 3.63) is 83.4 Å². The molecule has 8 rings (SSSR count). The van der Waals surface area contributed by atoms with E-state index in [2.05, 4.69) is 60.1 Å². The van der Waals surface area contributed by atoms with Gasteiger partial charge in [-0.25, -0.2) is 28.0 Å². The van der Waals surface area contributed by atoms with Gasteiger partial charge >= 0.3 is 6.03 Å². The monoisotopic (exact) mass is 741 g/mol. The van der Waals surface area contributed by atoms with Gasteiger partial charge in [0.15, 0.2) is 5.82 Å². The number of aromatic nitrogens is 6. The molecule has 6 heterocycles. The average molecular weight is 742 g/mol. The quantitative estimate of drug-likeness (QED) is 0.221. The molecule has 3 aromatic heterocycles. The summed E-state index contributed by atoms with van der Waals surface area (Å²) in [5.74, 6) is 1.32.